The highest BCUT2D eigenvalue weighted by Gasteiger charge is 2.09. The van der Waals surface area contributed by atoms with Crippen molar-refractivity contribution in [1.82, 2.24) is 9.97 Å². The molecule has 2 heterocycles. The van der Waals surface area contributed by atoms with Crippen LogP contribution in [-0.2, 0) is 0 Å². The molecule has 0 aliphatic carbocycles. The molecule has 0 amide bonds. The lowest BCUT2D eigenvalue weighted by molar-refractivity contribution is 0.561. The summed E-state index contributed by atoms with van der Waals surface area (Å²) >= 11 is 0. The van der Waals surface area contributed by atoms with Crippen molar-refractivity contribution in [3.05, 3.63) is 18.0 Å². The van der Waals surface area contributed by atoms with Crippen molar-refractivity contribution in [2.45, 2.75) is 6.92 Å². The van der Waals surface area contributed by atoms with Crippen LogP contribution < -0.4 is 5.32 Å². The number of oxazole rings is 2. The molecule has 0 radical (unpaired) electrons. The van der Waals surface area contributed by atoms with Crippen LogP contribution in [0.4, 0.5) is 6.01 Å². The summed E-state index contributed by atoms with van der Waals surface area (Å²) in [6.07, 6.45) is 0. The number of hydrogen-bond acceptors (Lipinski definition) is 5. The van der Waals surface area contributed by atoms with E-state index in [0.29, 0.717) is 17.5 Å². The highest BCUT2D eigenvalue weighted by molar-refractivity contribution is 5.89. The van der Waals surface area contributed by atoms with Gasteiger partial charge in [0.15, 0.2) is 17.1 Å². The van der Waals surface area contributed by atoms with Crippen LogP contribution in [-0.4, -0.2) is 17.0 Å². The normalized spacial score (nSPS) is 11.3. The van der Waals surface area contributed by atoms with Gasteiger partial charge in [-0.3, -0.25) is 0 Å². The van der Waals surface area contributed by atoms with E-state index < -0.39 is 0 Å². The first-order valence-corrected chi connectivity index (χ1v) is 4.62. The molecule has 2 aromatic heterocycles. The quantitative estimate of drug-likeness (QED) is 0.657. The van der Waals surface area contributed by atoms with Gasteiger partial charge in [-0.15, -0.1) is 0 Å². The van der Waals surface area contributed by atoms with Crippen LogP contribution in [0.3, 0.4) is 0 Å². The van der Waals surface area contributed by atoms with Gasteiger partial charge in [0.2, 0.25) is 0 Å². The van der Waals surface area contributed by atoms with Crippen molar-refractivity contribution >= 4 is 28.2 Å². The molecule has 76 valence electrons. The van der Waals surface area contributed by atoms with Crippen molar-refractivity contribution in [1.29, 1.82) is 0 Å². The van der Waals surface area contributed by atoms with Crippen molar-refractivity contribution in [2.24, 2.45) is 0 Å². The molecule has 1 aromatic carbocycles. The monoisotopic (exact) mass is 203 g/mol. The number of rotatable bonds is 1. The van der Waals surface area contributed by atoms with Gasteiger partial charge in [0, 0.05) is 26.1 Å². The molecule has 1 N–H and O–H groups in total. The Bertz CT molecular complexity index is 587. The minimum Gasteiger partial charge on any atom is -0.441 e. The van der Waals surface area contributed by atoms with E-state index in [0.717, 1.165) is 16.6 Å². The standard InChI is InChI=1S/C10H9N3O2/c1-5-12-6-3-9-7(4-8(6)14-5)13-10(11-2)15-9/h3-4H,1-2H3,(H,11,13). The Morgan fingerprint density at radius 1 is 1.07 bits per heavy atom. The fourth-order valence-electron chi connectivity index (χ4n) is 1.57. The topological polar surface area (TPSA) is 64.1 Å². The minimum atomic E-state index is 0.495. The number of aromatic nitrogens is 2. The average Bonchev–Trinajstić information content (AvgIpc) is 2.74. The molecule has 0 aliphatic rings. The molecule has 0 aliphatic heterocycles. The molecule has 0 fully saturated rings. The first-order chi connectivity index (χ1) is 7.26. The number of nitrogens with zero attached hydrogens (tertiary/aromatic N) is 2. The van der Waals surface area contributed by atoms with E-state index >= 15 is 0 Å². The first-order valence-electron chi connectivity index (χ1n) is 4.62. The summed E-state index contributed by atoms with van der Waals surface area (Å²) in [4.78, 5) is 8.45. The molecule has 5 nitrogen and oxygen atoms in total. The Hall–Kier alpha value is -2.04. The summed E-state index contributed by atoms with van der Waals surface area (Å²) in [7, 11) is 1.76. The Morgan fingerprint density at radius 3 is 2.47 bits per heavy atom. The highest BCUT2D eigenvalue weighted by Crippen LogP contribution is 2.25. The van der Waals surface area contributed by atoms with Gasteiger partial charge < -0.3 is 14.2 Å². The number of hydrogen-bond donors (Lipinski definition) is 1. The molecular weight excluding hydrogens is 194 g/mol. The van der Waals surface area contributed by atoms with Crippen LogP contribution >= 0.6 is 0 Å². The lowest BCUT2D eigenvalue weighted by Gasteiger charge is -1.85. The van der Waals surface area contributed by atoms with E-state index in [4.69, 9.17) is 8.83 Å². The predicted octanol–water partition coefficient (Wildman–Crippen LogP) is 2.32. The van der Waals surface area contributed by atoms with E-state index in [9.17, 15) is 0 Å². The molecular formula is C10H9N3O2. The van der Waals surface area contributed by atoms with Crippen LogP contribution in [0.5, 0.6) is 0 Å². The summed E-state index contributed by atoms with van der Waals surface area (Å²) in [5.74, 6) is 0.645. The van der Waals surface area contributed by atoms with E-state index in [1.165, 1.54) is 0 Å². The SMILES string of the molecule is CNc1nc2cc3oc(C)nc3cc2o1. The Morgan fingerprint density at radius 2 is 1.73 bits per heavy atom. The Balaban J connectivity index is 2.37. The molecule has 3 aromatic rings. The predicted molar refractivity (Wildman–Crippen MR) is 55.9 cm³/mol. The fraction of sp³-hybridized carbons (Fsp3) is 0.200. The number of fused-ring (bicyclic) bond motifs is 2. The lowest BCUT2D eigenvalue weighted by atomic mass is 10.3. The number of anilines is 1. The summed E-state index contributed by atoms with van der Waals surface area (Å²) in [5, 5.41) is 2.85. The number of benzene rings is 1. The van der Waals surface area contributed by atoms with Crippen molar-refractivity contribution < 1.29 is 8.83 Å². The van der Waals surface area contributed by atoms with E-state index in [-0.39, 0.29) is 0 Å². The van der Waals surface area contributed by atoms with Gasteiger partial charge in [-0.2, -0.15) is 4.98 Å². The van der Waals surface area contributed by atoms with Crippen LogP contribution in [0.15, 0.2) is 21.0 Å². The van der Waals surface area contributed by atoms with Gasteiger partial charge >= 0.3 is 0 Å². The zero-order chi connectivity index (χ0) is 10.4. The van der Waals surface area contributed by atoms with Crippen LogP contribution in [0, 0.1) is 6.92 Å². The smallest absolute Gasteiger partial charge is 0.295 e. The summed E-state index contributed by atoms with van der Waals surface area (Å²) in [6, 6.07) is 4.15. The second-order valence-corrected chi connectivity index (χ2v) is 3.29. The molecule has 0 atom stereocenters. The lowest BCUT2D eigenvalue weighted by Crippen LogP contribution is -1.85. The molecule has 0 saturated heterocycles. The third kappa shape index (κ3) is 1.16. The summed E-state index contributed by atoms with van der Waals surface area (Å²) in [5.41, 5.74) is 3.00. The second kappa shape index (κ2) is 2.73. The molecule has 15 heavy (non-hydrogen) atoms. The van der Waals surface area contributed by atoms with E-state index in [2.05, 4.69) is 15.3 Å². The maximum Gasteiger partial charge on any atom is 0.295 e. The second-order valence-electron chi connectivity index (χ2n) is 3.29. The molecule has 0 saturated carbocycles. The van der Waals surface area contributed by atoms with E-state index in [1.54, 1.807) is 7.05 Å². The summed E-state index contributed by atoms with van der Waals surface area (Å²) < 4.78 is 10.8. The van der Waals surface area contributed by atoms with Gasteiger partial charge in [-0.25, -0.2) is 4.98 Å². The van der Waals surface area contributed by atoms with Gasteiger partial charge in [0.1, 0.15) is 11.0 Å². The number of aryl methyl sites for hydroxylation is 1. The van der Waals surface area contributed by atoms with E-state index in [1.807, 2.05) is 19.1 Å². The van der Waals surface area contributed by atoms with Gasteiger partial charge in [-0.05, 0) is 0 Å². The number of nitrogens with one attached hydrogen (secondary N) is 1. The Kier molecular flexibility index (Phi) is 1.50. The zero-order valence-corrected chi connectivity index (χ0v) is 8.37. The molecule has 3 rings (SSSR count). The molecule has 0 spiro atoms. The third-order valence-corrected chi connectivity index (χ3v) is 2.22. The van der Waals surface area contributed by atoms with Crippen molar-refractivity contribution in [3.8, 4) is 0 Å². The average molecular weight is 203 g/mol. The summed E-state index contributed by atoms with van der Waals surface area (Å²) in [6.45, 7) is 1.81. The van der Waals surface area contributed by atoms with Crippen LogP contribution in [0.1, 0.15) is 5.89 Å². The third-order valence-electron chi connectivity index (χ3n) is 2.22. The largest absolute Gasteiger partial charge is 0.441 e. The van der Waals surface area contributed by atoms with Crippen molar-refractivity contribution in [2.75, 3.05) is 12.4 Å². The molecule has 0 unspecified atom stereocenters. The Labute approximate surface area is 85.1 Å². The van der Waals surface area contributed by atoms with Gasteiger partial charge in [-0.1, -0.05) is 0 Å². The fourth-order valence-corrected chi connectivity index (χ4v) is 1.57. The van der Waals surface area contributed by atoms with Crippen LogP contribution in [0.2, 0.25) is 0 Å². The maximum absolute atomic E-state index is 5.43. The molecule has 0 bridgehead atoms. The van der Waals surface area contributed by atoms with Crippen molar-refractivity contribution in [3.63, 3.8) is 0 Å². The minimum absolute atomic E-state index is 0.495. The highest BCUT2D eigenvalue weighted by atomic mass is 16.4. The maximum atomic E-state index is 5.43. The molecule has 5 heteroatoms. The van der Waals surface area contributed by atoms with Gasteiger partial charge in [0.25, 0.3) is 6.01 Å². The first kappa shape index (κ1) is 8.28. The zero-order valence-electron chi connectivity index (χ0n) is 8.37. The van der Waals surface area contributed by atoms with Crippen LogP contribution in [0.25, 0.3) is 22.2 Å². The van der Waals surface area contributed by atoms with Gasteiger partial charge in [0.05, 0.1) is 0 Å².